The number of piperidine rings is 2. The van der Waals surface area contributed by atoms with E-state index in [2.05, 4.69) is 12.1 Å². The van der Waals surface area contributed by atoms with E-state index < -0.39 is 0 Å². The summed E-state index contributed by atoms with van der Waals surface area (Å²) in [5.41, 5.74) is 1.43. The lowest BCUT2D eigenvalue weighted by Crippen LogP contribution is -2.55. The van der Waals surface area contributed by atoms with E-state index in [1.165, 1.54) is 0 Å². The third-order valence-corrected chi connectivity index (χ3v) is 5.96. The molecule has 3 heterocycles. The fourth-order valence-corrected chi connectivity index (χ4v) is 4.46. The lowest BCUT2D eigenvalue weighted by Gasteiger charge is -2.48. The Labute approximate surface area is 155 Å². The molecule has 2 amide bonds. The molecular formula is C20H31N3O3. The number of unbranched alkanes of at least 4 members (excludes halogenated alkanes) is 1. The van der Waals surface area contributed by atoms with Gasteiger partial charge >= 0.3 is 0 Å². The second kappa shape index (κ2) is 7.80. The van der Waals surface area contributed by atoms with Crippen LogP contribution < -0.4 is 0 Å². The van der Waals surface area contributed by atoms with Crippen LogP contribution in [0.2, 0.25) is 0 Å². The van der Waals surface area contributed by atoms with Gasteiger partial charge in [-0.2, -0.15) is 0 Å². The van der Waals surface area contributed by atoms with Gasteiger partial charge in [0.25, 0.3) is 5.91 Å². The Bertz CT molecular complexity index is 669. The number of hydrogen-bond donors (Lipinski definition) is 0. The van der Waals surface area contributed by atoms with Gasteiger partial charge in [0.1, 0.15) is 11.3 Å². The molecule has 1 aromatic heterocycles. The topological polar surface area (TPSA) is 66.7 Å². The number of amides is 2. The molecule has 1 aromatic rings. The molecule has 2 saturated heterocycles. The Morgan fingerprint density at radius 2 is 2.08 bits per heavy atom. The zero-order valence-electron chi connectivity index (χ0n) is 16.3. The first-order valence-electron chi connectivity index (χ1n) is 10.0. The van der Waals surface area contributed by atoms with Gasteiger partial charge in [0.2, 0.25) is 5.91 Å². The molecule has 0 bridgehead atoms. The Kier molecular flexibility index (Phi) is 5.68. The van der Waals surface area contributed by atoms with Gasteiger partial charge in [-0.25, -0.2) is 0 Å². The molecule has 0 saturated carbocycles. The van der Waals surface area contributed by atoms with E-state index in [9.17, 15) is 9.59 Å². The van der Waals surface area contributed by atoms with E-state index in [1.807, 2.05) is 23.6 Å². The first kappa shape index (κ1) is 18.9. The number of likely N-dealkylation sites (tertiary alicyclic amines) is 2. The highest BCUT2D eigenvalue weighted by Crippen LogP contribution is 2.39. The molecule has 1 atom stereocenters. The first-order valence-corrected chi connectivity index (χ1v) is 10.0. The molecule has 0 radical (unpaired) electrons. The van der Waals surface area contributed by atoms with Gasteiger partial charge in [-0.3, -0.25) is 9.59 Å². The molecule has 0 aromatic carbocycles. The zero-order valence-corrected chi connectivity index (χ0v) is 16.3. The van der Waals surface area contributed by atoms with Gasteiger partial charge in [0, 0.05) is 38.0 Å². The smallest absolute Gasteiger partial charge is 0.259 e. The molecule has 2 aliphatic heterocycles. The normalized spacial score (nSPS) is 23.7. The van der Waals surface area contributed by atoms with Crippen LogP contribution in [0, 0.1) is 12.3 Å². The largest absolute Gasteiger partial charge is 0.361 e. The summed E-state index contributed by atoms with van der Waals surface area (Å²) < 4.78 is 5.26. The van der Waals surface area contributed by atoms with Crippen molar-refractivity contribution in [2.45, 2.75) is 65.7 Å². The van der Waals surface area contributed by atoms with Crippen LogP contribution >= 0.6 is 0 Å². The molecule has 144 valence electrons. The Hall–Kier alpha value is -1.85. The number of aryl methyl sites for hydroxylation is 2. The molecule has 1 spiro atoms. The summed E-state index contributed by atoms with van der Waals surface area (Å²) in [5.74, 6) is 0.919. The molecule has 2 fully saturated rings. The van der Waals surface area contributed by atoms with Crippen LogP contribution in [-0.4, -0.2) is 52.9 Å². The number of hydrogen-bond acceptors (Lipinski definition) is 4. The predicted octanol–water partition coefficient (Wildman–Crippen LogP) is 3.19. The van der Waals surface area contributed by atoms with Gasteiger partial charge in [-0.05, 0) is 39.0 Å². The van der Waals surface area contributed by atoms with Crippen molar-refractivity contribution < 1.29 is 14.1 Å². The summed E-state index contributed by atoms with van der Waals surface area (Å²) in [5, 5.41) is 4.03. The standard InChI is InChI=1S/C20H31N3O3/c1-4-6-11-22-13-20(10-8-17(22)24)9-7-12-23(14-20)19(25)18-15(3)26-21-16(18)5-2/h4-14H2,1-3H3/t20-/m1/s1. The van der Waals surface area contributed by atoms with Crippen molar-refractivity contribution in [3.8, 4) is 0 Å². The molecule has 6 heteroatoms. The van der Waals surface area contributed by atoms with Crippen LogP contribution in [-0.2, 0) is 11.2 Å². The average molecular weight is 361 g/mol. The van der Waals surface area contributed by atoms with Crippen LogP contribution in [0.25, 0.3) is 0 Å². The lowest BCUT2D eigenvalue weighted by molar-refractivity contribution is -0.139. The number of nitrogens with zero attached hydrogens (tertiary/aromatic N) is 3. The van der Waals surface area contributed by atoms with Crippen molar-refractivity contribution in [1.29, 1.82) is 0 Å². The highest BCUT2D eigenvalue weighted by atomic mass is 16.5. The van der Waals surface area contributed by atoms with Gasteiger partial charge in [0.05, 0.1) is 5.69 Å². The third kappa shape index (κ3) is 3.64. The maximum atomic E-state index is 13.2. The van der Waals surface area contributed by atoms with E-state index in [0.717, 1.165) is 64.0 Å². The monoisotopic (exact) mass is 361 g/mol. The van der Waals surface area contributed by atoms with E-state index in [4.69, 9.17) is 4.52 Å². The fourth-order valence-electron chi connectivity index (χ4n) is 4.46. The van der Waals surface area contributed by atoms with Crippen LogP contribution in [0.3, 0.4) is 0 Å². The Morgan fingerprint density at radius 1 is 1.27 bits per heavy atom. The van der Waals surface area contributed by atoms with Gasteiger partial charge < -0.3 is 14.3 Å². The number of carbonyl (C=O) groups excluding carboxylic acids is 2. The van der Waals surface area contributed by atoms with E-state index in [0.29, 0.717) is 24.2 Å². The van der Waals surface area contributed by atoms with Crippen LogP contribution in [0.5, 0.6) is 0 Å². The predicted molar refractivity (Wildman–Crippen MR) is 98.9 cm³/mol. The summed E-state index contributed by atoms with van der Waals surface area (Å²) in [6.45, 7) is 9.09. The van der Waals surface area contributed by atoms with E-state index in [1.54, 1.807) is 0 Å². The second-order valence-corrected chi connectivity index (χ2v) is 7.91. The number of aromatic nitrogens is 1. The minimum atomic E-state index is 0.0386. The highest BCUT2D eigenvalue weighted by Gasteiger charge is 2.43. The minimum Gasteiger partial charge on any atom is -0.361 e. The summed E-state index contributed by atoms with van der Waals surface area (Å²) in [6.07, 6.45) is 6.41. The van der Waals surface area contributed by atoms with Crippen molar-refractivity contribution in [3.05, 3.63) is 17.0 Å². The lowest BCUT2D eigenvalue weighted by atomic mass is 9.73. The molecule has 0 aliphatic carbocycles. The maximum absolute atomic E-state index is 13.2. The summed E-state index contributed by atoms with van der Waals surface area (Å²) in [7, 11) is 0. The summed E-state index contributed by atoms with van der Waals surface area (Å²) in [6, 6.07) is 0. The quantitative estimate of drug-likeness (QED) is 0.808. The third-order valence-electron chi connectivity index (χ3n) is 5.96. The van der Waals surface area contributed by atoms with Crippen molar-refractivity contribution in [2.75, 3.05) is 26.2 Å². The Morgan fingerprint density at radius 3 is 2.81 bits per heavy atom. The minimum absolute atomic E-state index is 0.0386. The Balaban J connectivity index is 1.75. The van der Waals surface area contributed by atoms with Gasteiger partial charge in [-0.1, -0.05) is 25.4 Å². The molecule has 3 rings (SSSR count). The average Bonchev–Trinajstić information content (AvgIpc) is 3.03. The molecule has 6 nitrogen and oxygen atoms in total. The molecule has 0 N–H and O–H groups in total. The summed E-state index contributed by atoms with van der Waals surface area (Å²) in [4.78, 5) is 29.4. The molecule has 0 unspecified atom stereocenters. The number of rotatable bonds is 5. The SMILES string of the molecule is CCCCN1C[C@@]2(CCCN(C(=O)c3c(CC)noc3C)C2)CCC1=O. The van der Waals surface area contributed by atoms with Crippen LogP contribution in [0.15, 0.2) is 4.52 Å². The van der Waals surface area contributed by atoms with Crippen molar-refractivity contribution >= 4 is 11.8 Å². The first-order chi connectivity index (χ1) is 12.5. The van der Waals surface area contributed by atoms with Gasteiger partial charge in [-0.15, -0.1) is 0 Å². The van der Waals surface area contributed by atoms with Crippen LogP contribution in [0.4, 0.5) is 0 Å². The van der Waals surface area contributed by atoms with Crippen LogP contribution in [0.1, 0.15) is 74.2 Å². The maximum Gasteiger partial charge on any atom is 0.259 e. The van der Waals surface area contributed by atoms with E-state index >= 15 is 0 Å². The van der Waals surface area contributed by atoms with Crippen molar-refractivity contribution in [1.82, 2.24) is 15.0 Å². The number of carbonyl (C=O) groups is 2. The zero-order chi connectivity index (χ0) is 18.7. The van der Waals surface area contributed by atoms with Crippen molar-refractivity contribution in [2.24, 2.45) is 5.41 Å². The highest BCUT2D eigenvalue weighted by molar-refractivity contribution is 5.96. The van der Waals surface area contributed by atoms with Gasteiger partial charge in [0.15, 0.2) is 0 Å². The summed E-state index contributed by atoms with van der Waals surface area (Å²) >= 11 is 0. The molecule has 26 heavy (non-hydrogen) atoms. The van der Waals surface area contributed by atoms with Crippen molar-refractivity contribution in [3.63, 3.8) is 0 Å². The second-order valence-electron chi connectivity index (χ2n) is 7.91. The molecule has 2 aliphatic rings. The fraction of sp³-hybridized carbons (Fsp3) is 0.750. The molecular weight excluding hydrogens is 330 g/mol. The van der Waals surface area contributed by atoms with E-state index in [-0.39, 0.29) is 17.2 Å².